The molecule has 0 saturated heterocycles. The van der Waals surface area contributed by atoms with Crippen LogP contribution in [0.1, 0.15) is 24.2 Å². The van der Waals surface area contributed by atoms with Gasteiger partial charge in [-0.3, -0.25) is 4.79 Å². The van der Waals surface area contributed by atoms with Crippen LogP contribution in [-0.2, 0) is 10.0 Å². The van der Waals surface area contributed by atoms with E-state index in [1.807, 2.05) is 13.8 Å². The fourth-order valence-corrected chi connectivity index (χ4v) is 2.06. The lowest BCUT2D eigenvalue weighted by Crippen LogP contribution is -2.48. The van der Waals surface area contributed by atoms with E-state index in [0.29, 0.717) is 12.1 Å². The number of amides is 1. The molecule has 4 N–H and O–H groups in total. The zero-order valence-corrected chi connectivity index (χ0v) is 12.0. The maximum atomic E-state index is 11.9. The molecule has 19 heavy (non-hydrogen) atoms. The Morgan fingerprint density at radius 3 is 2.21 bits per heavy atom. The number of nitrogens with one attached hydrogen (secondary N) is 2. The first-order valence-electron chi connectivity index (χ1n) is 5.78. The van der Waals surface area contributed by atoms with Gasteiger partial charge in [-0.05, 0) is 45.2 Å². The zero-order valence-electron chi connectivity index (χ0n) is 11.2. The molecule has 1 rings (SSSR count). The smallest absolute Gasteiger partial charge is 0.251 e. The maximum absolute atomic E-state index is 11.9. The Bertz CT molecular complexity index is 550. The summed E-state index contributed by atoms with van der Waals surface area (Å²) in [6, 6.07) is 5.70. The highest BCUT2D eigenvalue weighted by Gasteiger charge is 2.19. The molecule has 0 bridgehead atoms. The van der Waals surface area contributed by atoms with Gasteiger partial charge in [-0.25, -0.2) is 13.1 Å². The fourth-order valence-electron chi connectivity index (χ4n) is 1.33. The number of hydrogen-bond acceptors (Lipinski definition) is 4. The van der Waals surface area contributed by atoms with Crippen LogP contribution in [-0.4, -0.2) is 33.5 Å². The quantitative estimate of drug-likeness (QED) is 0.712. The summed E-state index contributed by atoms with van der Waals surface area (Å²) in [5, 5.41) is 2.77. The van der Waals surface area contributed by atoms with Gasteiger partial charge < -0.3 is 11.1 Å². The number of sulfonamides is 1. The summed E-state index contributed by atoms with van der Waals surface area (Å²) >= 11 is 0. The summed E-state index contributed by atoms with van der Waals surface area (Å²) in [7, 11) is -2.15. The van der Waals surface area contributed by atoms with Crippen molar-refractivity contribution in [1.29, 1.82) is 0 Å². The lowest BCUT2D eigenvalue weighted by atomic mass is 10.1. The van der Waals surface area contributed by atoms with Crippen molar-refractivity contribution < 1.29 is 13.2 Å². The molecule has 0 aliphatic carbocycles. The number of carbonyl (C=O) groups excluding carboxylic acids is 1. The molecule has 0 unspecified atom stereocenters. The Kier molecular flexibility index (Phi) is 4.67. The number of hydrogen-bond donors (Lipinski definition) is 3. The van der Waals surface area contributed by atoms with E-state index in [4.69, 9.17) is 5.73 Å². The summed E-state index contributed by atoms with van der Waals surface area (Å²) in [6.07, 6.45) is 0. The Morgan fingerprint density at radius 1 is 1.26 bits per heavy atom. The summed E-state index contributed by atoms with van der Waals surface area (Å²) in [5.74, 6) is -0.288. The van der Waals surface area contributed by atoms with Crippen molar-refractivity contribution in [3.63, 3.8) is 0 Å². The van der Waals surface area contributed by atoms with Crippen molar-refractivity contribution in [3.05, 3.63) is 29.8 Å². The number of carbonyl (C=O) groups is 1. The van der Waals surface area contributed by atoms with Gasteiger partial charge in [0.15, 0.2) is 0 Å². The topological polar surface area (TPSA) is 101 Å². The third-order valence-electron chi connectivity index (χ3n) is 2.66. The molecule has 0 radical (unpaired) electrons. The third kappa shape index (κ3) is 4.02. The molecule has 1 aromatic carbocycles. The van der Waals surface area contributed by atoms with E-state index >= 15 is 0 Å². The maximum Gasteiger partial charge on any atom is 0.251 e. The van der Waals surface area contributed by atoms with E-state index in [1.54, 1.807) is 0 Å². The normalized spacial score (nSPS) is 12.2. The van der Waals surface area contributed by atoms with E-state index in [0.717, 1.165) is 0 Å². The molecule has 1 amide bonds. The Labute approximate surface area is 113 Å². The lowest BCUT2D eigenvalue weighted by Gasteiger charge is -2.24. The molecule has 6 nitrogen and oxygen atoms in total. The van der Waals surface area contributed by atoms with Crippen molar-refractivity contribution in [2.75, 3.05) is 13.6 Å². The number of nitrogens with two attached hydrogens (primary N) is 1. The average molecular weight is 285 g/mol. The SMILES string of the molecule is CNS(=O)(=O)c1ccc(C(=O)NC(C)(C)CN)cc1. The highest BCUT2D eigenvalue weighted by molar-refractivity contribution is 7.89. The van der Waals surface area contributed by atoms with Gasteiger partial charge in [0.05, 0.1) is 4.90 Å². The van der Waals surface area contributed by atoms with Gasteiger partial charge in [0.1, 0.15) is 0 Å². The second-order valence-electron chi connectivity index (χ2n) is 4.77. The van der Waals surface area contributed by atoms with Crippen molar-refractivity contribution in [2.45, 2.75) is 24.3 Å². The van der Waals surface area contributed by atoms with Crippen LogP contribution in [0.2, 0.25) is 0 Å². The van der Waals surface area contributed by atoms with Crippen molar-refractivity contribution in [2.24, 2.45) is 5.73 Å². The molecule has 106 valence electrons. The molecule has 1 aromatic rings. The molecule has 0 fully saturated rings. The van der Waals surface area contributed by atoms with Gasteiger partial charge >= 0.3 is 0 Å². The van der Waals surface area contributed by atoms with Crippen LogP contribution >= 0.6 is 0 Å². The minimum atomic E-state index is -3.48. The highest BCUT2D eigenvalue weighted by atomic mass is 32.2. The largest absolute Gasteiger partial charge is 0.346 e. The van der Waals surface area contributed by atoms with Crippen molar-refractivity contribution >= 4 is 15.9 Å². The minimum Gasteiger partial charge on any atom is -0.346 e. The molecule has 7 heteroatoms. The van der Waals surface area contributed by atoms with Crippen molar-refractivity contribution in [3.8, 4) is 0 Å². The average Bonchev–Trinajstić information content (AvgIpc) is 2.38. The van der Waals surface area contributed by atoms with Gasteiger partial charge in [0.2, 0.25) is 10.0 Å². The van der Waals surface area contributed by atoms with E-state index in [-0.39, 0.29) is 10.8 Å². The van der Waals surface area contributed by atoms with Crippen LogP contribution in [0.15, 0.2) is 29.2 Å². The first-order valence-corrected chi connectivity index (χ1v) is 7.26. The Balaban J connectivity index is 2.91. The van der Waals surface area contributed by atoms with Gasteiger partial charge in [0, 0.05) is 17.6 Å². The molecule has 0 atom stereocenters. The summed E-state index contributed by atoms with van der Waals surface area (Å²) in [5.41, 5.74) is 5.41. The molecule has 0 saturated carbocycles. The number of benzene rings is 1. The van der Waals surface area contributed by atoms with E-state index < -0.39 is 15.6 Å². The first kappa shape index (κ1) is 15.6. The second kappa shape index (κ2) is 5.68. The predicted molar refractivity (Wildman–Crippen MR) is 73.3 cm³/mol. The predicted octanol–water partition coefficient (Wildman–Crippen LogP) is 0.0618. The second-order valence-corrected chi connectivity index (χ2v) is 6.66. The van der Waals surface area contributed by atoms with Crippen LogP contribution < -0.4 is 15.8 Å². The Morgan fingerprint density at radius 2 is 1.79 bits per heavy atom. The van der Waals surface area contributed by atoms with E-state index in [9.17, 15) is 13.2 Å². The fraction of sp³-hybridized carbons (Fsp3) is 0.417. The van der Waals surface area contributed by atoms with Gasteiger partial charge in [0.25, 0.3) is 5.91 Å². The van der Waals surface area contributed by atoms with E-state index in [2.05, 4.69) is 10.0 Å². The van der Waals surface area contributed by atoms with Gasteiger partial charge in [-0.2, -0.15) is 0 Å². The van der Waals surface area contributed by atoms with E-state index in [1.165, 1.54) is 31.3 Å². The molecule has 0 spiro atoms. The third-order valence-corrected chi connectivity index (χ3v) is 4.09. The zero-order chi connectivity index (χ0) is 14.7. The molecular formula is C12H19N3O3S. The van der Waals surface area contributed by atoms with Crippen LogP contribution in [0.5, 0.6) is 0 Å². The molecule has 0 aliphatic rings. The van der Waals surface area contributed by atoms with Crippen LogP contribution in [0.3, 0.4) is 0 Å². The molecular weight excluding hydrogens is 266 g/mol. The monoisotopic (exact) mass is 285 g/mol. The highest BCUT2D eigenvalue weighted by Crippen LogP contribution is 2.11. The Hall–Kier alpha value is -1.44. The summed E-state index contributed by atoms with van der Waals surface area (Å²) in [6.45, 7) is 3.93. The van der Waals surface area contributed by atoms with Gasteiger partial charge in [-0.15, -0.1) is 0 Å². The first-order chi connectivity index (χ1) is 8.72. The standard InChI is InChI=1S/C12H19N3O3S/c1-12(2,8-13)15-11(16)9-4-6-10(7-5-9)19(17,18)14-3/h4-7,14H,8,13H2,1-3H3,(H,15,16). The summed E-state index contributed by atoms with van der Waals surface area (Å²) in [4.78, 5) is 12.0. The van der Waals surface area contributed by atoms with Crippen LogP contribution in [0.25, 0.3) is 0 Å². The molecule has 0 aromatic heterocycles. The molecule has 0 aliphatic heterocycles. The van der Waals surface area contributed by atoms with Crippen LogP contribution in [0.4, 0.5) is 0 Å². The van der Waals surface area contributed by atoms with Crippen LogP contribution in [0, 0.1) is 0 Å². The molecule has 0 heterocycles. The summed E-state index contributed by atoms with van der Waals surface area (Å²) < 4.78 is 25.3. The van der Waals surface area contributed by atoms with Crippen molar-refractivity contribution in [1.82, 2.24) is 10.0 Å². The lowest BCUT2D eigenvalue weighted by molar-refractivity contribution is 0.0915. The number of rotatable bonds is 5. The minimum absolute atomic E-state index is 0.115. The van der Waals surface area contributed by atoms with Gasteiger partial charge in [-0.1, -0.05) is 0 Å².